The molecule has 2 aliphatic heterocycles. The van der Waals surface area contributed by atoms with Crippen molar-refractivity contribution in [2.75, 3.05) is 39.3 Å². The Hall–Kier alpha value is -1.39. The summed E-state index contributed by atoms with van der Waals surface area (Å²) in [5, 5.41) is 3.36. The molecule has 0 aromatic heterocycles. The van der Waals surface area contributed by atoms with Gasteiger partial charge in [-0.15, -0.1) is 0 Å². The minimum Gasteiger partial charge on any atom is -0.493 e. The van der Waals surface area contributed by atoms with Gasteiger partial charge in [0, 0.05) is 13.1 Å². The molecular weight excluding hydrogens is 252 g/mol. The maximum absolute atomic E-state index is 12.6. The predicted octanol–water partition coefficient (Wildman–Crippen LogP) is 1.49. The van der Waals surface area contributed by atoms with Gasteiger partial charge in [0.2, 0.25) is 0 Å². The van der Waals surface area contributed by atoms with Gasteiger partial charge in [-0.25, -0.2) is 0 Å². The number of aryl methyl sites for hydroxylation is 1. The molecule has 1 saturated heterocycles. The fourth-order valence-electron chi connectivity index (χ4n) is 2.96. The maximum Gasteiger partial charge on any atom is 0.180 e. The zero-order valence-corrected chi connectivity index (χ0v) is 11.9. The van der Waals surface area contributed by atoms with Crippen LogP contribution in [0.3, 0.4) is 0 Å². The lowest BCUT2D eigenvalue weighted by Crippen LogP contribution is -2.33. The lowest BCUT2D eigenvalue weighted by molar-refractivity contribution is 0.0930. The van der Waals surface area contributed by atoms with Crippen LogP contribution in [0.15, 0.2) is 18.2 Å². The van der Waals surface area contributed by atoms with E-state index in [1.54, 1.807) is 0 Å². The molecule has 20 heavy (non-hydrogen) atoms. The van der Waals surface area contributed by atoms with Crippen molar-refractivity contribution >= 4 is 5.78 Å². The number of hydrogen-bond acceptors (Lipinski definition) is 4. The summed E-state index contributed by atoms with van der Waals surface area (Å²) in [4.78, 5) is 14.8. The van der Waals surface area contributed by atoms with Gasteiger partial charge < -0.3 is 10.1 Å². The molecule has 0 unspecified atom stereocenters. The SMILES string of the molecule is O=C(CN1CCCNCC1)c1cccc2c1OCCC2. The van der Waals surface area contributed by atoms with Crippen molar-refractivity contribution in [3.05, 3.63) is 29.3 Å². The molecular formula is C16H22N2O2. The number of fused-ring (bicyclic) bond motifs is 1. The van der Waals surface area contributed by atoms with Crippen LogP contribution in [0.4, 0.5) is 0 Å². The van der Waals surface area contributed by atoms with Gasteiger partial charge in [-0.1, -0.05) is 12.1 Å². The van der Waals surface area contributed by atoms with Crippen molar-refractivity contribution in [2.24, 2.45) is 0 Å². The summed E-state index contributed by atoms with van der Waals surface area (Å²) in [7, 11) is 0. The van der Waals surface area contributed by atoms with Gasteiger partial charge in [-0.05, 0) is 44.0 Å². The van der Waals surface area contributed by atoms with E-state index >= 15 is 0 Å². The molecule has 0 atom stereocenters. The number of hydrogen-bond donors (Lipinski definition) is 1. The molecule has 1 aromatic carbocycles. The summed E-state index contributed by atoms with van der Waals surface area (Å²) in [6.07, 6.45) is 3.17. The minimum atomic E-state index is 0.186. The Labute approximate surface area is 120 Å². The second kappa shape index (κ2) is 6.37. The van der Waals surface area contributed by atoms with Gasteiger partial charge >= 0.3 is 0 Å². The van der Waals surface area contributed by atoms with Crippen molar-refractivity contribution in [1.82, 2.24) is 10.2 Å². The number of carbonyl (C=O) groups is 1. The number of Topliss-reactive ketones (excluding diaryl/α,β-unsaturated/α-hetero) is 1. The van der Waals surface area contributed by atoms with Crippen LogP contribution in [-0.4, -0.2) is 50.0 Å². The zero-order chi connectivity index (χ0) is 13.8. The van der Waals surface area contributed by atoms with E-state index in [1.807, 2.05) is 12.1 Å². The topological polar surface area (TPSA) is 41.6 Å². The van der Waals surface area contributed by atoms with Crippen molar-refractivity contribution < 1.29 is 9.53 Å². The summed E-state index contributed by atoms with van der Waals surface area (Å²) in [6, 6.07) is 5.95. The number of rotatable bonds is 3. The van der Waals surface area contributed by atoms with E-state index in [2.05, 4.69) is 16.3 Å². The molecule has 0 radical (unpaired) electrons. The van der Waals surface area contributed by atoms with Crippen molar-refractivity contribution in [1.29, 1.82) is 0 Å². The van der Waals surface area contributed by atoms with E-state index in [9.17, 15) is 4.79 Å². The zero-order valence-electron chi connectivity index (χ0n) is 11.9. The first-order valence-corrected chi connectivity index (χ1v) is 7.55. The van der Waals surface area contributed by atoms with Gasteiger partial charge in [0.05, 0.1) is 18.7 Å². The highest BCUT2D eigenvalue weighted by molar-refractivity contribution is 6.00. The Morgan fingerprint density at radius 2 is 2.20 bits per heavy atom. The molecule has 0 bridgehead atoms. The fourth-order valence-corrected chi connectivity index (χ4v) is 2.96. The standard InChI is InChI=1S/C16H22N2O2/c19-15(12-18-9-3-7-17-8-10-18)14-6-1-4-13-5-2-11-20-16(13)14/h1,4,6,17H,2-3,5,7-12H2. The van der Waals surface area contributed by atoms with Crippen molar-refractivity contribution in [2.45, 2.75) is 19.3 Å². The number of benzene rings is 1. The van der Waals surface area contributed by atoms with E-state index < -0.39 is 0 Å². The average Bonchev–Trinajstić information content (AvgIpc) is 2.75. The van der Waals surface area contributed by atoms with Crippen LogP contribution in [0, 0.1) is 0 Å². The summed E-state index contributed by atoms with van der Waals surface area (Å²) in [6.45, 7) is 5.19. The molecule has 1 N–H and O–H groups in total. The van der Waals surface area contributed by atoms with Gasteiger partial charge in [-0.2, -0.15) is 0 Å². The smallest absolute Gasteiger partial charge is 0.180 e. The summed E-state index contributed by atoms with van der Waals surface area (Å²) >= 11 is 0. The Balaban J connectivity index is 1.73. The van der Waals surface area contributed by atoms with Crippen LogP contribution in [0.1, 0.15) is 28.8 Å². The summed E-state index contributed by atoms with van der Waals surface area (Å²) in [5.74, 6) is 1.02. The molecule has 4 heteroatoms. The third-order valence-electron chi connectivity index (χ3n) is 4.03. The third-order valence-corrected chi connectivity index (χ3v) is 4.03. The fraction of sp³-hybridized carbons (Fsp3) is 0.562. The highest BCUT2D eigenvalue weighted by Crippen LogP contribution is 2.29. The largest absolute Gasteiger partial charge is 0.493 e. The van der Waals surface area contributed by atoms with E-state index in [1.165, 1.54) is 5.56 Å². The molecule has 2 heterocycles. The predicted molar refractivity (Wildman–Crippen MR) is 78.5 cm³/mol. The van der Waals surface area contributed by atoms with Crippen LogP contribution < -0.4 is 10.1 Å². The van der Waals surface area contributed by atoms with Crippen LogP contribution >= 0.6 is 0 Å². The minimum absolute atomic E-state index is 0.186. The molecule has 3 rings (SSSR count). The average molecular weight is 274 g/mol. The molecule has 0 saturated carbocycles. The monoisotopic (exact) mass is 274 g/mol. The maximum atomic E-state index is 12.6. The van der Waals surface area contributed by atoms with E-state index in [0.717, 1.165) is 63.4 Å². The highest BCUT2D eigenvalue weighted by atomic mass is 16.5. The van der Waals surface area contributed by atoms with Gasteiger partial charge in [0.15, 0.2) is 5.78 Å². The number of carbonyl (C=O) groups excluding carboxylic acids is 1. The number of para-hydroxylation sites is 1. The number of ketones is 1. The first-order valence-electron chi connectivity index (χ1n) is 7.55. The lowest BCUT2D eigenvalue weighted by Gasteiger charge is -2.22. The lowest BCUT2D eigenvalue weighted by atomic mass is 10.00. The van der Waals surface area contributed by atoms with Gasteiger partial charge in [0.25, 0.3) is 0 Å². The Morgan fingerprint density at radius 1 is 1.25 bits per heavy atom. The number of ether oxygens (including phenoxy) is 1. The third kappa shape index (κ3) is 3.02. The summed E-state index contributed by atoms with van der Waals surface area (Å²) < 4.78 is 5.74. The van der Waals surface area contributed by atoms with Crippen molar-refractivity contribution in [3.63, 3.8) is 0 Å². The van der Waals surface area contributed by atoms with Crippen LogP contribution in [0.2, 0.25) is 0 Å². The highest BCUT2D eigenvalue weighted by Gasteiger charge is 2.21. The number of nitrogens with one attached hydrogen (secondary N) is 1. The van der Waals surface area contributed by atoms with Crippen LogP contribution in [0.5, 0.6) is 5.75 Å². The first kappa shape index (κ1) is 13.6. The Morgan fingerprint density at radius 3 is 3.15 bits per heavy atom. The van der Waals surface area contributed by atoms with Crippen LogP contribution in [-0.2, 0) is 6.42 Å². The van der Waals surface area contributed by atoms with Crippen LogP contribution in [0.25, 0.3) is 0 Å². The molecule has 2 aliphatic rings. The van der Waals surface area contributed by atoms with Crippen molar-refractivity contribution in [3.8, 4) is 5.75 Å². The molecule has 0 spiro atoms. The molecule has 1 fully saturated rings. The Kier molecular flexibility index (Phi) is 4.33. The van der Waals surface area contributed by atoms with E-state index in [4.69, 9.17) is 4.74 Å². The molecule has 4 nitrogen and oxygen atoms in total. The molecule has 1 aromatic rings. The van der Waals surface area contributed by atoms with E-state index in [0.29, 0.717) is 6.54 Å². The quantitative estimate of drug-likeness (QED) is 0.848. The second-order valence-corrected chi connectivity index (χ2v) is 5.55. The first-order chi connectivity index (χ1) is 9.84. The summed E-state index contributed by atoms with van der Waals surface area (Å²) in [5.41, 5.74) is 1.94. The molecule has 0 aliphatic carbocycles. The normalized spacial score (nSPS) is 19.8. The molecule has 108 valence electrons. The Bertz CT molecular complexity index is 479. The molecule has 0 amide bonds. The number of nitrogens with zero attached hydrogens (tertiary/aromatic N) is 1. The van der Waals surface area contributed by atoms with Gasteiger partial charge in [0.1, 0.15) is 5.75 Å². The van der Waals surface area contributed by atoms with E-state index in [-0.39, 0.29) is 5.78 Å². The van der Waals surface area contributed by atoms with Gasteiger partial charge in [-0.3, -0.25) is 9.69 Å². The second-order valence-electron chi connectivity index (χ2n) is 5.55.